The maximum Gasteiger partial charge on any atom is 0.233 e. The molecule has 1 heterocycles. The Morgan fingerprint density at radius 3 is 2.10 bits per heavy atom. The third-order valence-electron chi connectivity index (χ3n) is 2.98. The normalized spacial score (nSPS) is 10.4. The zero-order valence-electron chi connectivity index (χ0n) is 12.8. The van der Waals surface area contributed by atoms with Crippen molar-refractivity contribution in [2.45, 2.75) is 13.8 Å². The number of hydrogen-bond acceptors (Lipinski definition) is 6. The van der Waals surface area contributed by atoms with Crippen LogP contribution in [0.3, 0.4) is 0 Å². The molecule has 0 bridgehead atoms. The second kappa shape index (κ2) is 6.26. The Hall–Kier alpha value is -1.89. The molecule has 7 heteroatoms. The van der Waals surface area contributed by atoms with E-state index in [1.165, 1.54) is 0 Å². The highest BCUT2D eigenvalue weighted by Gasteiger charge is 2.10. The third-order valence-corrected chi connectivity index (χ3v) is 3.44. The Labute approximate surface area is 133 Å². The van der Waals surface area contributed by atoms with E-state index in [-0.39, 0.29) is 0 Å². The first-order valence-corrected chi connectivity index (χ1v) is 7.35. The number of rotatable bonds is 4. The molecule has 1 aromatic heterocycles. The van der Waals surface area contributed by atoms with Crippen molar-refractivity contribution in [2.24, 2.45) is 0 Å². The first-order chi connectivity index (χ1) is 9.90. The lowest BCUT2D eigenvalue weighted by Crippen LogP contribution is -2.16. The maximum atomic E-state index is 4.42. The molecule has 0 aliphatic carbocycles. The summed E-state index contributed by atoms with van der Waals surface area (Å²) < 4.78 is 1.06. The van der Waals surface area contributed by atoms with E-state index in [2.05, 4.69) is 53.6 Å². The molecule has 0 atom stereocenters. The van der Waals surface area contributed by atoms with Gasteiger partial charge in [0.05, 0.1) is 0 Å². The molecule has 0 spiro atoms. The maximum absolute atomic E-state index is 4.42. The molecule has 21 heavy (non-hydrogen) atoms. The molecule has 0 unspecified atom stereocenters. The summed E-state index contributed by atoms with van der Waals surface area (Å²) in [6.07, 6.45) is 0. The van der Waals surface area contributed by atoms with Crippen LogP contribution in [0.25, 0.3) is 0 Å². The van der Waals surface area contributed by atoms with Crippen molar-refractivity contribution in [3.05, 3.63) is 27.7 Å². The van der Waals surface area contributed by atoms with E-state index < -0.39 is 0 Å². The van der Waals surface area contributed by atoms with Gasteiger partial charge in [-0.15, -0.1) is 0 Å². The van der Waals surface area contributed by atoms with Crippen molar-refractivity contribution in [2.75, 3.05) is 36.7 Å². The number of benzene rings is 1. The minimum Gasteiger partial charge on any atom is -0.357 e. The zero-order valence-corrected chi connectivity index (χ0v) is 14.4. The van der Waals surface area contributed by atoms with Gasteiger partial charge in [0, 0.05) is 31.3 Å². The summed E-state index contributed by atoms with van der Waals surface area (Å²) in [4.78, 5) is 14.9. The molecule has 2 rings (SSSR count). The van der Waals surface area contributed by atoms with Gasteiger partial charge in [-0.25, -0.2) is 0 Å². The summed E-state index contributed by atoms with van der Waals surface area (Å²) in [7, 11) is 5.58. The largest absolute Gasteiger partial charge is 0.357 e. The average Bonchev–Trinajstić information content (AvgIpc) is 2.42. The van der Waals surface area contributed by atoms with Crippen LogP contribution in [0, 0.1) is 13.8 Å². The summed E-state index contributed by atoms with van der Waals surface area (Å²) in [5.41, 5.74) is 3.26. The van der Waals surface area contributed by atoms with Crippen molar-refractivity contribution >= 4 is 39.5 Å². The molecule has 0 radical (unpaired) electrons. The van der Waals surface area contributed by atoms with Crippen LogP contribution in [0.1, 0.15) is 11.1 Å². The number of halogens is 1. The van der Waals surface area contributed by atoms with E-state index in [1.807, 2.05) is 32.8 Å². The highest BCUT2D eigenvalue weighted by atomic mass is 79.9. The fourth-order valence-electron chi connectivity index (χ4n) is 1.95. The van der Waals surface area contributed by atoms with Gasteiger partial charge in [-0.2, -0.15) is 15.0 Å². The van der Waals surface area contributed by atoms with Gasteiger partial charge >= 0.3 is 0 Å². The number of aryl methyl sites for hydroxylation is 2. The van der Waals surface area contributed by atoms with Crippen molar-refractivity contribution in [1.29, 1.82) is 0 Å². The molecule has 0 amide bonds. The lowest BCUT2D eigenvalue weighted by atomic mass is 10.1. The van der Waals surface area contributed by atoms with Crippen LogP contribution in [-0.2, 0) is 0 Å². The average molecular weight is 351 g/mol. The molecule has 0 aliphatic rings. The quantitative estimate of drug-likeness (QED) is 0.883. The molecular formula is C14H19BrN6. The Morgan fingerprint density at radius 1 is 1.00 bits per heavy atom. The van der Waals surface area contributed by atoms with Gasteiger partial charge in [0.25, 0.3) is 0 Å². The van der Waals surface area contributed by atoms with Gasteiger partial charge in [-0.05, 0) is 37.1 Å². The number of hydrogen-bond donors (Lipinski definition) is 2. The molecule has 2 N–H and O–H groups in total. The van der Waals surface area contributed by atoms with Crippen molar-refractivity contribution in [1.82, 2.24) is 15.0 Å². The van der Waals surface area contributed by atoms with Crippen LogP contribution in [0.5, 0.6) is 0 Å². The summed E-state index contributed by atoms with van der Waals surface area (Å²) >= 11 is 3.50. The van der Waals surface area contributed by atoms with E-state index >= 15 is 0 Å². The third kappa shape index (κ3) is 3.60. The van der Waals surface area contributed by atoms with Gasteiger partial charge in [-0.3, -0.25) is 0 Å². The van der Waals surface area contributed by atoms with E-state index in [1.54, 1.807) is 7.05 Å². The first-order valence-electron chi connectivity index (χ1n) is 6.55. The van der Waals surface area contributed by atoms with Crippen LogP contribution >= 0.6 is 15.9 Å². The fraction of sp³-hybridized carbons (Fsp3) is 0.357. The van der Waals surface area contributed by atoms with Crippen LogP contribution in [-0.4, -0.2) is 36.1 Å². The molecule has 0 fully saturated rings. The zero-order chi connectivity index (χ0) is 15.6. The van der Waals surface area contributed by atoms with Gasteiger partial charge in [0.1, 0.15) is 0 Å². The number of nitrogens with zero attached hydrogens (tertiary/aromatic N) is 4. The lowest BCUT2D eigenvalue weighted by Gasteiger charge is -2.15. The smallest absolute Gasteiger partial charge is 0.233 e. The molecule has 1 aromatic carbocycles. The summed E-state index contributed by atoms with van der Waals surface area (Å²) in [5.74, 6) is 1.65. The highest BCUT2D eigenvalue weighted by molar-refractivity contribution is 9.10. The van der Waals surface area contributed by atoms with Gasteiger partial charge in [0.2, 0.25) is 17.8 Å². The van der Waals surface area contributed by atoms with Crippen molar-refractivity contribution in [3.63, 3.8) is 0 Å². The molecule has 0 aliphatic heterocycles. The van der Waals surface area contributed by atoms with E-state index in [0.717, 1.165) is 21.3 Å². The van der Waals surface area contributed by atoms with Crippen LogP contribution in [0.4, 0.5) is 23.5 Å². The van der Waals surface area contributed by atoms with Crippen LogP contribution < -0.4 is 15.5 Å². The highest BCUT2D eigenvalue weighted by Crippen LogP contribution is 2.27. The second-order valence-corrected chi connectivity index (χ2v) is 5.88. The van der Waals surface area contributed by atoms with Crippen LogP contribution in [0.15, 0.2) is 16.6 Å². The van der Waals surface area contributed by atoms with Crippen molar-refractivity contribution in [3.8, 4) is 0 Å². The number of anilines is 4. The van der Waals surface area contributed by atoms with Crippen LogP contribution in [0.2, 0.25) is 0 Å². The Morgan fingerprint density at radius 2 is 1.57 bits per heavy atom. The fourth-order valence-corrected chi connectivity index (χ4v) is 2.64. The topological polar surface area (TPSA) is 66.0 Å². The van der Waals surface area contributed by atoms with E-state index in [0.29, 0.717) is 17.8 Å². The standard InChI is InChI=1S/C14H19BrN6/c1-8-6-10(15)7-9(2)11(8)17-13-18-12(16-3)19-14(20-13)21(4)5/h6-7H,1-5H3,(H2,16,17,18,19,20). The number of nitrogens with one attached hydrogen (secondary N) is 2. The summed E-state index contributed by atoms with van der Waals surface area (Å²) in [6, 6.07) is 4.12. The predicted octanol–water partition coefficient (Wildman–Crippen LogP) is 3.10. The molecule has 2 aromatic rings. The lowest BCUT2D eigenvalue weighted by molar-refractivity contribution is 0.962. The summed E-state index contributed by atoms with van der Waals surface area (Å²) in [5, 5.41) is 6.24. The SMILES string of the molecule is CNc1nc(Nc2c(C)cc(Br)cc2C)nc(N(C)C)n1. The monoisotopic (exact) mass is 350 g/mol. The van der Waals surface area contributed by atoms with Crippen molar-refractivity contribution < 1.29 is 0 Å². The molecule has 112 valence electrons. The first kappa shape index (κ1) is 15.5. The van der Waals surface area contributed by atoms with Gasteiger partial charge in [-0.1, -0.05) is 15.9 Å². The minimum atomic E-state index is 0.520. The minimum absolute atomic E-state index is 0.520. The predicted molar refractivity (Wildman–Crippen MR) is 90.6 cm³/mol. The Bertz CT molecular complexity index is 633. The van der Waals surface area contributed by atoms with Gasteiger partial charge < -0.3 is 15.5 Å². The molecule has 6 nitrogen and oxygen atoms in total. The molecular weight excluding hydrogens is 332 g/mol. The Balaban J connectivity index is 2.42. The molecule has 0 saturated heterocycles. The molecule has 0 saturated carbocycles. The van der Waals surface area contributed by atoms with E-state index in [9.17, 15) is 0 Å². The second-order valence-electron chi connectivity index (χ2n) is 4.97. The number of aromatic nitrogens is 3. The van der Waals surface area contributed by atoms with E-state index in [4.69, 9.17) is 0 Å². The van der Waals surface area contributed by atoms with Gasteiger partial charge in [0.15, 0.2) is 0 Å². The Kier molecular flexibility index (Phi) is 4.62. The summed E-state index contributed by atoms with van der Waals surface area (Å²) in [6.45, 7) is 4.10.